The lowest BCUT2D eigenvalue weighted by atomic mass is 10.1. The first kappa shape index (κ1) is 23.8. The van der Waals surface area contributed by atoms with Crippen LogP contribution in [-0.4, -0.2) is 44.6 Å². The smallest absolute Gasteiger partial charge is 0.303 e. The van der Waals surface area contributed by atoms with E-state index in [0.717, 1.165) is 12.8 Å². The molecule has 0 saturated carbocycles. The van der Waals surface area contributed by atoms with Crippen LogP contribution in [0.4, 0.5) is 0 Å². The molecule has 0 aliphatic carbocycles. The molecule has 6 nitrogen and oxygen atoms in total. The van der Waals surface area contributed by atoms with Gasteiger partial charge in [0.1, 0.15) is 0 Å². The molecule has 0 aromatic carbocycles. The van der Waals surface area contributed by atoms with E-state index in [2.05, 4.69) is 0 Å². The van der Waals surface area contributed by atoms with Gasteiger partial charge in [-0.1, -0.05) is 48.6 Å². The number of aliphatic carboxylic acids is 2. The topological polar surface area (TPSA) is 115 Å². The van der Waals surface area contributed by atoms with E-state index < -0.39 is 24.1 Å². The van der Waals surface area contributed by atoms with E-state index in [9.17, 15) is 19.8 Å². The number of unbranched alkanes of at least 4 members (excludes halogenated alkanes) is 2. The fourth-order valence-corrected chi connectivity index (χ4v) is 2.04. The molecule has 0 aliphatic heterocycles. The number of hydrogen-bond acceptors (Lipinski definition) is 4. The monoisotopic (exact) mass is 366 g/mol. The summed E-state index contributed by atoms with van der Waals surface area (Å²) in [6, 6.07) is 0. The molecule has 0 fully saturated rings. The lowest BCUT2D eigenvalue weighted by molar-refractivity contribution is -0.138. The predicted octanol–water partition coefficient (Wildman–Crippen LogP) is 3.22. The summed E-state index contributed by atoms with van der Waals surface area (Å²) in [4.78, 5) is 20.7. The first-order valence-corrected chi connectivity index (χ1v) is 8.88. The van der Waals surface area contributed by atoms with Crippen LogP contribution in [0.2, 0.25) is 0 Å². The van der Waals surface area contributed by atoms with Crippen LogP contribution in [0, 0.1) is 0 Å². The van der Waals surface area contributed by atoms with Gasteiger partial charge in [0, 0.05) is 12.8 Å². The normalized spacial score (nSPS) is 14.7. The Morgan fingerprint density at radius 1 is 0.731 bits per heavy atom. The van der Waals surface area contributed by atoms with Gasteiger partial charge in [-0.25, -0.2) is 0 Å². The molecule has 0 radical (unpaired) electrons. The van der Waals surface area contributed by atoms with Gasteiger partial charge in [-0.2, -0.15) is 0 Å². The average molecular weight is 366 g/mol. The Kier molecular flexibility index (Phi) is 14.9. The SMILES string of the molecule is O=C(O)CCCC/C=C\C[C@H](O)/C=C/C=C/C=C\[C@@H](O)CCCC(=O)O. The van der Waals surface area contributed by atoms with E-state index in [1.54, 1.807) is 36.5 Å². The molecule has 0 aromatic rings. The Morgan fingerprint density at radius 2 is 1.31 bits per heavy atom. The highest BCUT2D eigenvalue weighted by Crippen LogP contribution is 2.04. The van der Waals surface area contributed by atoms with Crippen LogP contribution in [0.25, 0.3) is 0 Å². The second-order valence-corrected chi connectivity index (χ2v) is 5.92. The molecule has 0 rings (SSSR count). The minimum atomic E-state index is -0.863. The third kappa shape index (κ3) is 18.2. The van der Waals surface area contributed by atoms with E-state index in [1.807, 2.05) is 12.2 Å². The summed E-state index contributed by atoms with van der Waals surface area (Å²) in [5.41, 5.74) is 0. The fraction of sp³-hybridized carbons (Fsp3) is 0.500. The number of aliphatic hydroxyl groups is 2. The fourth-order valence-electron chi connectivity index (χ4n) is 2.04. The molecule has 0 aliphatic rings. The Balaban J connectivity index is 3.80. The van der Waals surface area contributed by atoms with Gasteiger partial charge in [0.25, 0.3) is 0 Å². The van der Waals surface area contributed by atoms with Gasteiger partial charge in [0.2, 0.25) is 0 Å². The quantitative estimate of drug-likeness (QED) is 0.201. The summed E-state index contributed by atoms with van der Waals surface area (Å²) in [6.07, 6.45) is 16.6. The van der Waals surface area contributed by atoms with Gasteiger partial charge in [-0.3, -0.25) is 9.59 Å². The summed E-state index contributed by atoms with van der Waals surface area (Å²) in [6.45, 7) is 0. The van der Waals surface area contributed by atoms with Gasteiger partial charge in [-0.15, -0.1) is 0 Å². The summed E-state index contributed by atoms with van der Waals surface area (Å²) in [5.74, 6) is -1.64. The van der Waals surface area contributed by atoms with Crippen molar-refractivity contribution >= 4 is 11.9 Å². The van der Waals surface area contributed by atoms with Crippen LogP contribution in [0.3, 0.4) is 0 Å². The molecule has 0 amide bonds. The number of hydrogen-bond donors (Lipinski definition) is 4. The largest absolute Gasteiger partial charge is 0.481 e. The summed E-state index contributed by atoms with van der Waals surface area (Å²) < 4.78 is 0. The summed E-state index contributed by atoms with van der Waals surface area (Å²) >= 11 is 0. The zero-order chi connectivity index (χ0) is 19.6. The van der Waals surface area contributed by atoms with Crippen molar-refractivity contribution in [3.63, 3.8) is 0 Å². The van der Waals surface area contributed by atoms with Crippen molar-refractivity contribution in [3.8, 4) is 0 Å². The standard InChI is InChI=1S/C20H30O6/c21-17(11-6-2-1-3-9-15-19(23)24)12-7-4-5-8-13-18(22)14-10-16-20(25)26/h2,4-8,12-13,17-18,21-22H,1,3,9-11,14-16H2,(H,23,24)(H,25,26)/b5-4+,6-2-,12-7+,13-8-/t17-,18+/m0/s1. The molecule has 0 aromatic heterocycles. The van der Waals surface area contributed by atoms with E-state index in [1.165, 1.54) is 0 Å². The third-order valence-corrected chi connectivity index (χ3v) is 3.45. The first-order valence-electron chi connectivity index (χ1n) is 8.88. The van der Waals surface area contributed by atoms with Crippen molar-refractivity contribution in [1.82, 2.24) is 0 Å². The molecule has 0 saturated heterocycles. The van der Waals surface area contributed by atoms with E-state index >= 15 is 0 Å². The Labute approximate surface area is 154 Å². The third-order valence-electron chi connectivity index (χ3n) is 3.45. The highest BCUT2D eigenvalue weighted by molar-refractivity contribution is 5.66. The molecule has 6 heteroatoms. The number of carboxylic acids is 2. The van der Waals surface area contributed by atoms with Crippen molar-refractivity contribution in [2.75, 3.05) is 0 Å². The van der Waals surface area contributed by atoms with Crippen LogP contribution in [0.1, 0.15) is 51.4 Å². The van der Waals surface area contributed by atoms with Gasteiger partial charge >= 0.3 is 11.9 Å². The van der Waals surface area contributed by atoms with Crippen molar-refractivity contribution < 1.29 is 30.0 Å². The Bertz CT molecular complexity index is 504. The van der Waals surface area contributed by atoms with Crippen molar-refractivity contribution in [2.45, 2.75) is 63.6 Å². The number of aliphatic hydroxyl groups excluding tert-OH is 2. The summed E-state index contributed by atoms with van der Waals surface area (Å²) in [5, 5.41) is 36.4. The Hall–Kier alpha value is -2.18. The van der Waals surface area contributed by atoms with E-state index in [4.69, 9.17) is 10.2 Å². The first-order chi connectivity index (χ1) is 12.4. The minimum Gasteiger partial charge on any atom is -0.481 e. The molecule has 0 bridgehead atoms. The van der Waals surface area contributed by atoms with Gasteiger partial charge < -0.3 is 20.4 Å². The van der Waals surface area contributed by atoms with Gasteiger partial charge in [0.05, 0.1) is 12.2 Å². The molecule has 0 unspecified atom stereocenters. The lowest BCUT2D eigenvalue weighted by Crippen LogP contribution is -2.03. The molecule has 146 valence electrons. The average Bonchev–Trinajstić information content (AvgIpc) is 2.56. The number of rotatable bonds is 15. The molecule has 4 N–H and O–H groups in total. The van der Waals surface area contributed by atoms with Gasteiger partial charge in [0.15, 0.2) is 0 Å². The number of allylic oxidation sites excluding steroid dienone is 5. The maximum absolute atomic E-state index is 10.4. The summed E-state index contributed by atoms with van der Waals surface area (Å²) in [7, 11) is 0. The van der Waals surface area contributed by atoms with Crippen molar-refractivity contribution in [2.24, 2.45) is 0 Å². The molecule has 0 spiro atoms. The maximum Gasteiger partial charge on any atom is 0.303 e. The van der Waals surface area contributed by atoms with Crippen LogP contribution in [-0.2, 0) is 9.59 Å². The van der Waals surface area contributed by atoms with Crippen LogP contribution < -0.4 is 0 Å². The van der Waals surface area contributed by atoms with Crippen molar-refractivity contribution in [3.05, 3.63) is 48.6 Å². The van der Waals surface area contributed by atoms with Gasteiger partial charge in [-0.05, 0) is 38.5 Å². The highest BCUT2D eigenvalue weighted by Gasteiger charge is 2.01. The molecule has 2 atom stereocenters. The second kappa shape index (κ2) is 16.3. The second-order valence-electron chi connectivity index (χ2n) is 5.92. The lowest BCUT2D eigenvalue weighted by Gasteiger charge is -2.02. The number of carboxylic acid groups (broad SMARTS) is 2. The zero-order valence-electron chi connectivity index (χ0n) is 15.0. The minimum absolute atomic E-state index is 0.0537. The van der Waals surface area contributed by atoms with Crippen molar-refractivity contribution in [1.29, 1.82) is 0 Å². The van der Waals surface area contributed by atoms with Crippen LogP contribution >= 0.6 is 0 Å². The molecule has 0 heterocycles. The highest BCUT2D eigenvalue weighted by atomic mass is 16.4. The molecular weight excluding hydrogens is 336 g/mol. The van der Waals surface area contributed by atoms with Crippen LogP contribution in [0.5, 0.6) is 0 Å². The molecular formula is C20H30O6. The van der Waals surface area contributed by atoms with E-state index in [-0.39, 0.29) is 12.8 Å². The zero-order valence-corrected chi connectivity index (χ0v) is 15.0. The van der Waals surface area contributed by atoms with E-state index in [0.29, 0.717) is 25.7 Å². The maximum atomic E-state index is 10.4. The predicted molar refractivity (Wildman–Crippen MR) is 101 cm³/mol. The Morgan fingerprint density at radius 3 is 1.92 bits per heavy atom. The van der Waals surface area contributed by atoms with Crippen LogP contribution in [0.15, 0.2) is 48.6 Å². The molecule has 26 heavy (non-hydrogen) atoms. The number of carbonyl (C=O) groups is 2.